The van der Waals surface area contributed by atoms with E-state index >= 15 is 0 Å². The summed E-state index contributed by atoms with van der Waals surface area (Å²) in [6.45, 7) is 6.19. The summed E-state index contributed by atoms with van der Waals surface area (Å²) in [5.74, 6) is -0.480. The van der Waals surface area contributed by atoms with E-state index in [-0.39, 0.29) is 30.4 Å². The molecule has 1 spiro atoms. The Kier molecular flexibility index (Phi) is 5.90. The summed E-state index contributed by atoms with van der Waals surface area (Å²) >= 11 is 0. The molecule has 7 nitrogen and oxygen atoms in total. The molecule has 1 N–H and O–H groups in total. The van der Waals surface area contributed by atoms with Crippen molar-refractivity contribution in [3.05, 3.63) is 71.3 Å². The highest BCUT2D eigenvalue weighted by molar-refractivity contribution is 6.09. The molecule has 0 bridgehead atoms. The summed E-state index contributed by atoms with van der Waals surface area (Å²) < 4.78 is 0. The van der Waals surface area contributed by atoms with Crippen molar-refractivity contribution >= 4 is 17.8 Å². The zero-order valence-electron chi connectivity index (χ0n) is 19.9. The van der Waals surface area contributed by atoms with Crippen LogP contribution in [-0.2, 0) is 21.5 Å². The largest absolute Gasteiger partial charge is 0.337 e. The minimum Gasteiger partial charge on any atom is -0.337 e. The van der Waals surface area contributed by atoms with Crippen LogP contribution in [0.15, 0.2) is 54.6 Å². The molecule has 1 aliphatic carbocycles. The number of likely N-dealkylation sites (tertiary alicyclic amines) is 1. The van der Waals surface area contributed by atoms with Gasteiger partial charge in [0.2, 0.25) is 5.91 Å². The topological polar surface area (TPSA) is 73.0 Å². The number of hydrogen-bond donors (Lipinski definition) is 1. The molecule has 3 atom stereocenters. The first kappa shape index (κ1) is 22.6. The SMILES string of the molecule is CCN(C(=O)CN1C(=O)N[C@]2(CCc3ccccc32)C1=O)[C@H]1CCN([C@@H](C)c2ccccc2)C1. The van der Waals surface area contributed by atoms with Gasteiger partial charge in [-0.3, -0.25) is 19.4 Å². The molecule has 0 saturated carbocycles. The van der Waals surface area contributed by atoms with E-state index in [0.717, 1.165) is 42.0 Å². The molecule has 3 aliphatic rings. The molecule has 2 fully saturated rings. The molecule has 2 saturated heterocycles. The van der Waals surface area contributed by atoms with Crippen LogP contribution in [0, 0.1) is 0 Å². The first-order chi connectivity index (χ1) is 16.4. The van der Waals surface area contributed by atoms with Crippen molar-refractivity contribution in [2.75, 3.05) is 26.2 Å². The average molecular weight is 461 g/mol. The molecular formula is C27H32N4O3. The Hall–Kier alpha value is -3.19. The van der Waals surface area contributed by atoms with Gasteiger partial charge in [-0.25, -0.2) is 4.79 Å². The van der Waals surface area contributed by atoms with Crippen molar-refractivity contribution in [2.45, 2.75) is 50.7 Å². The van der Waals surface area contributed by atoms with Crippen LogP contribution in [0.1, 0.15) is 49.4 Å². The number of rotatable bonds is 6. The van der Waals surface area contributed by atoms with E-state index in [4.69, 9.17) is 0 Å². The smallest absolute Gasteiger partial charge is 0.325 e. The highest BCUT2D eigenvalue weighted by Gasteiger charge is 2.55. The molecular weight excluding hydrogens is 428 g/mol. The Morgan fingerprint density at radius 3 is 2.65 bits per heavy atom. The Morgan fingerprint density at radius 2 is 1.88 bits per heavy atom. The van der Waals surface area contributed by atoms with Gasteiger partial charge in [0, 0.05) is 31.7 Å². The molecule has 0 unspecified atom stereocenters. The van der Waals surface area contributed by atoms with Gasteiger partial charge in [-0.05, 0) is 49.8 Å². The van der Waals surface area contributed by atoms with Crippen molar-refractivity contribution in [1.82, 2.24) is 20.0 Å². The molecule has 2 heterocycles. The first-order valence-electron chi connectivity index (χ1n) is 12.3. The number of fused-ring (bicyclic) bond motifs is 2. The maximum Gasteiger partial charge on any atom is 0.325 e. The maximum atomic E-state index is 13.4. The summed E-state index contributed by atoms with van der Waals surface area (Å²) in [6.07, 6.45) is 2.16. The van der Waals surface area contributed by atoms with Gasteiger partial charge in [0.1, 0.15) is 12.1 Å². The quantitative estimate of drug-likeness (QED) is 0.673. The average Bonchev–Trinajstić information content (AvgIpc) is 3.54. The molecule has 0 aromatic heterocycles. The summed E-state index contributed by atoms with van der Waals surface area (Å²) in [5, 5.41) is 2.92. The monoisotopic (exact) mass is 460 g/mol. The van der Waals surface area contributed by atoms with Crippen molar-refractivity contribution in [2.24, 2.45) is 0 Å². The van der Waals surface area contributed by atoms with Crippen LogP contribution in [0.3, 0.4) is 0 Å². The molecule has 7 heteroatoms. The van der Waals surface area contributed by atoms with Gasteiger partial charge in [0.25, 0.3) is 5.91 Å². The highest BCUT2D eigenvalue weighted by Crippen LogP contribution is 2.41. The summed E-state index contributed by atoms with van der Waals surface area (Å²) in [5.41, 5.74) is 2.18. The lowest BCUT2D eigenvalue weighted by atomic mass is 9.92. The zero-order chi connectivity index (χ0) is 23.9. The molecule has 0 radical (unpaired) electrons. The van der Waals surface area contributed by atoms with Crippen LogP contribution in [0.25, 0.3) is 0 Å². The maximum absolute atomic E-state index is 13.4. The van der Waals surface area contributed by atoms with Gasteiger partial charge in [-0.1, -0.05) is 54.6 Å². The lowest BCUT2D eigenvalue weighted by molar-refractivity contribution is -0.140. The Bertz CT molecular complexity index is 1100. The fourth-order valence-corrected chi connectivity index (χ4v) is 5.91. The standard InChI is InChI=1S/C27H32N4O3/c1-3-30(22-14-16-29(17-22)19(2)20-9-5-4-6-10-20)24(32)18-31-25(33)27(28-26(31)34)15-13-21-11-7-8-12-23(21)27/h4-12,19,22H,3,13-18H2,1-2H3,(H,28,34)/t19-,22-,27-/m0/s1. The van der Waals surface area contributed by atoms with Crippen molar-refractivity contribution < 1.29 is 14.4 Å². The van der Waals surface area contributed by atoms with Crippen LogP contribution in [0.5, 0.6) is 0 Å². The second-order valence-electron chi connectivity index (χ2n) is 9.59. The fourth-order valence-electron chi connectivity index (χ4n) is 5.91. The Morgan fingerprint density at radius 1 is 1.15 bits per heavy atom. The zero-order valence-corrected chi connectivity index (χ0v) is 19.9. The number of imide groups is 1. The number of benzene rings is 2. The predicted molar refractivity (Wildman–Crippen MR) is 129 cm³/mol. The van der Waals surface area contributed by atoms with Gasteiger partial charge < -0.3 is 10.2 Å². The number of urea groups is 1. The highest BCUT2D eigenvalue weighted by atomic mass is 16.2. The molecule has 5 rings (SSSR count). The van der Waals surface area contributed by atoms with Gasteiger partial charge in [-0.2, -0.15) is 0 Å². The van der Waals surface area contributed by atoms with Gasteiger partial charge in [-0.15, -0.1) is 0 Å². The van der Waals surface area contributed by atoms with E-state index in [2.05, 4.69) is 41.4 Å². The van der Waals surface area contributed by atoms with Crippen LogP contribution in [0.2, 0.25) is 0 Å². The van der Waals surface area contributed by atoms with Gasteiger partial charge >= 0.3 is 6.03 Å². The number of carbonyl (C=O) groups is 3. The number of aryl methyl sites for hydroxylation is 1. The third kappa shape index (κ3) is 3.68. The summed E-state index contributed by atoms with van der Waals surface area (Å²) in [7, 11) is 0. The molecule has 4 amide bonds. The van der Waals surface area contributed by atoms with E-state index in [1.54, 1.807) is 0 Å². The van der Waals surface area contributed by atoms with E-state index < -0.39 is 11.6 Å². The lowest BCUT2D eigenvalue weighted by Crippen LogP contribution is -2.48. The molecule has 34 heavy (non-hydrogen) atoms. The molecule has 2 aliphatic heterocycles. The van der Waals surface area contributed by atoms with Crippen molar-refractivity contribution in [3.63, 3.8) is 0 Å². The number of hydrogen-bond acceptors (Lipinski definition) is 4. The predicted octanol–water partition coefficient (Wildman–Crippen LogP) is 3.06. The van der Waals surface area contributed by atoms with Crippen molar-refractivity contribution in [3.8, 4) is 0 Å². The van der Waals surface area contributed by atoms with Crippen LogP contribution < -0.4 is 5.32 Å². The van der Waals surface area contributed by atoms with E-state index in [1.165, 1.54) is 5.56 Å². The number of nitrogens with zero attached hydrogens (tertiary/aromatic N) is 3. The van der Waals surface area contributed by atoms with Crippen LogP contribution in [0.4, 0.5) is 4.79 Å². The lowest BCUT2D eigenvalue weighted by Gasteiger charge is -2.31. The van der Waals surface area contributed by atoms with E-state index in [9.17, 15) is 14.4 Å². The molecule has 2 aromatic rings. The number of nitrogens with one attached hydrogen (secondary N) is 1. The van der Waals surface area contributed by atoms with Crippen molar-refractivity contribution in [1.29, 1.82) is 0 Å². The third-order valence-corrected chi connectivity index (χ3v) is 7.84. The van der Waals surface area contributed by atoms with Crippen LogP contribution >= 0.6 is 0 Å². The molecule has 2 aromatic carbocycles. The number of carbonyl (C=O) groups excluding carboxylic acids is 3. The number of amides is 4. The second-order valence-corrected chi connectivity index (χ2v) is 9.59. The normalized spacial score (nSPS) is 25.0. The minimum absolute atomic E-state index is 0.0746. The minimum atomic E-state index is -1.03. The third-order valence-electron chi connectivity index (χ3n) is 7.84. The first-order valence-corrected chi connectivity index (χ1v) is 12.3. The fraction of sp³-hybridized carbons (Fsp3) is 0.444. The summed E-state index contributed by atoms with van der Waals surface area (Å²) in [4.78, 5) is 45.0. The summed E-state index contributed by atoms with van der Waals surface area (Å²) in [6, 6.07) is 18.0. The Labute approximate surface area is 200 Å². The Balaban J connectivity index is 1.27. The van der Waals surface area contributed by atoms with E-state index in [0.29, 0.717) is 13.0 Å². The number of likely N-dealkylation sites (N-methyl/N-ethyl adjacent to an activating group) is 1. The van der Waals surface area contributed by atoms with Gasteiger partial charge in [0.05, 0.1) is 0 Å². The molecule has 178 valence electrons. The van der Waals surface area contributed by atoms with Gasteiger partial charge in [0.15, 0.2) is 0 Å². The van der Waals surface area contributed by atoms with Crippen LogP contribution in [-0.4, -0.2) is 64.8 Å². The second kappa shape index (κ2) is 8.87. The van der Waals surface area contributed by atoms with E-state index in [1.807, 2.05) is 42.2 Å².